The van der Waals surface area contributed by atoms with Gasteiger partial charge in [-0.25, -0.2) is 0 Å². The largest absolute Gasteiger partial charge is 0.496 e. The minimum absolute atomic E-state index is 0. The molecular formula is C19H25IN4O2. The molecule has 7 heteroatoms. The molecule has 0 heterocycles. The molecule has 26 heavy (non-hydrogen) atoms. The van der Waals surface area contributed by atoms with Gasteiger partial charge in [0, 0.05) is 24.8 Å². The SMILES string of the molecule is CN=C(NCC(=O)Nc1ccccc1)NCc1ccc(C)cc1OC.I. The van der Waals surface area contributed by atoms with Crippen LogP contribution in [0.5, 0.6) is 5.75 Å². The standard InChI is InChI=1S/C19H24N4O2.HI/c1-14-9-10-15(17(11-14)25-3)12-21-19(20-2)22-13-18(24)23-16-7-5-4-6-8-16;/h4-11H,12-13H2,1-3H3,(H,23,24)(H2,20,21,22);1H. The summed E-state index contributed by atoms with van der Waals surface area (Å²) in [5, 5.41) is 8.99. The van der Waals surface area contributed by atoms with Crippen molar-refractivity contribution in [2.45, 2.75) is 13.5 Å². The number of carbonyl (C=O) groups is 1. The highest BCUT2D eigenvalue weighted by Crippen LogP contribution is 2.19. The zero-order valence-electron chi connectivity index (χ0n) is 15.2. The molecule has 2 aromatic rings. The number of hydrogen-bond donors (Lipinski definition) is 3. The molecule has 0 unspecified atom stereocenters. The molecule has 0 saturated heterocycles. The zero-order valence-corrected chi connectivity index (χ0v) is 17.5. The third-order valence-corrected chi connectivity index (χ3v) is 3.59. The van der Waals surface area contributed by atoms with Gasteiger partial charge in [0.05, 0.1) is 13.7 Å². The van der Waals surface area contributed by atoms with Crippen LogP contribution in [0.25, 0.3) is 0 Å². The van der Waals surface area contributed by atoms with Crippen molar-refractivity contribution in [2.75, 3.05) is 26.0 Å². The molecule has 3 N–H and O–H groups in total. The van der Waals surface area contributed by atoms with Gasteiger partial charge in [-0.05, 0) is 30.7 Å². The van der Waals surface area contributed by atoms with Gasteiger partial charge in [-0.1, -0.05) is 30.3 Å². The summed E-state index contributed by atoms with van der Waals surface area (Å²) in [5.41, 5.74) is 2.92. The molecule has 140 valence electrons. The van der Waals surface area contributed by atoms with E-state index < -0.39 is 0 Å². The fourth-order valence-corrected chi connectivity index (χ4v) is 2.29. The number of methoxy groups -OCH3 is 1. The molecule has 0 fully saturated rings. The quantitative estimate of drug-likeness (QED) is 0.346. The summed E-state index contributed by atoms with van der Waals surface area (Å²) in [7, 11) is 3.32. The van der Waals surface area contributed by atoms with Gasteiger partial charge in [0.2, 0.25) is 5.91 Å². The number of guanidine groups is 1. The highest BCUT2D eigenvalue weighted by molar-refractivity contribution is 14.0. The van der Waals surface area contributed by atoms with Crippen LogP contribution in [0.4, 0.5) is 5.69 Å². The molecule has 1 amide bonds. The second-order valence-electron chi connectivity index (χ2n) is 5.51. The molecule has 0 spiro atoms. The van der Waals surface area contributed by atoms with Gasteiger partial charge in [0.25, 0.3) is 0 Å². The van der Waals surface area contributed by atoms with Crippen LogP contribution < -0.4 is 20.7 Å². The average molecular weight is 468 g/mol. The first kappa shape index (κ1) is 21.8. The third kappa shape index (κ3) is 6.91. The fraction of sp³-hybridized carbons (Fsp3) is 0.263. The first-order chi connectivity index (χ1) is 12.1. The Morgan fingerprint density at radius 1 is 1.12 bits per heavy atom. The molecule has 2 rings (SSSR count). The number of amides is 1. The summed E-state index contributed by atoms with van der Waals surface area (Å²) in [5.74, 6) is 1.23. The monoisotopic (exact) mass is 468 g/mol. The molecule has 0 aliphatic heterocycles. The highest BCUT2D eigenvalue weighted by atomic mass is 127. The van der Waals surface area contributed by atoms with E-state index in [2.05, 4.69) is 20.9 Å². The minimum Gasteiger partial charge on any atom is -0.496 e. The number of nitrogens with one attached hydrogen (secondary N) is 3. The number of halogens is 1. The van der Waals surface area contributed by atoms with Crippen molar-refractivity contribution in [3.63, 3.8) is 0 Å². The molecule has 0 bridgehead atoms. The van der Waals surface area contributed by atoms with E-state index in [0.717, 1.165) is 22.6 Å². The van der Waals surface area contributed by atoms with Gasteiger partial charge >= 0.3 is 0 Å². The Labute approximate surface area is 171 Å². The van der Waals surface area contributed by atoms with Crippen molar-refractivity contribution >= 4 is 41.5 Å². The molecule has 0 radical (unpaired) electrons. The van der Waals surface area contributed by atoms with Crippen LogP contribution in [0.2, 0.25) is 0 Å². The van der Waals surface area contributed by atoms with Crippen molar-refractivity contribution in [2.24, 2.45) is 4.99 Å². The van der Waals surface area contributed by atoms with Gasteiger partial charge in [-0.15, -0.1) is 24.0 Å². The van der Waals surface area contributed by atoms with E-state index in [1.54, 1.807) is 14.2 Å². The molecule has 0 aliphatic rings. The first-order valence-electron chi connectivity index (χ1n) is 8.05. The van der Waals surface area contributed by atoms with Crippen molar-refractivity contribution in [1.82, 2.24) is 10.6 Å². The lowest BCUT2D eigenvalue weighted by atomic mass is 10.1. The summed E-state index contributed by atoms with van der Waals surface area (Å²) in [6.07, 6.45) is 0. The lowest BCUT2D eigenvalue weighted by Crippen LogP contribution is -2.41. The predicted molar refractivity (Wildman–Crippen MR) is 116 cm³/mol. The van der Waals surface area contributed by atoms with E-state index in [1.807, 2.05) is 55.5 Å². The number of ether oxygens (including phenoxy) is 1. The molecule has 0 aromatic heterocycles. The fourth-order valence-electron chi connectivity index (χ4n) is 2.29. The number of aryl methyl sites for hydroxylation is 1. The number of nitrogens with zero attached hydrogens (tertiary/aromatic N) is 1. The Morgan fingerprint density at radius 3 is 2.50 bits per heavy atom. The van der Waals surface area contributed by atoms with E-state index in [4.69, 9.17) is 4.74 Å². The number of anilines is 1. The molecular weight excluding hydrogens is 443 g/mol. The van der Waals surface area contributed by atoms with E-state index in [9.17, 15) is 4.79 Å². The Morgan fingerprint density at radius 2 is 1.85 bits per heavy atom. The minimum atomic E-state index is -0.137. The number of aliphatic imine (C=N–C) groups is 1. The number of carbonyl (C=O) groups excluding carboxylic acids is 1. The van der Waals surface area contributed by atoms with Crippen molar-refractivity contribution in [3.05, 3.63) is 59.7 Å². The second kappa shape index (κ2) is 11.3. The summed E-state index contributed by atoms with van der Waals surface area (Å²) >= 11 is 0. The Hall–Kier alpha value is -2.29. The van der Waals surface area contributed by atoms with Crippen molar-refractivity contribution < 1.29 is 9.53 Å². The van der Waals surface area contributed by atoms with Gasteiger partial charge < -0.3 is 20.7 Å². The van der Waals surface area contributed by atoms with E-state index in [1.165, 1.54) is 0 Å². The maximum absolute atomic E-state index is 12.0. The molecule has 0 aliphatic carbocycles. The summed E-state index contributed by atoms with van der Waals surface area (Å²) < 4.78 is 5.39. The van der Waals surface area contributed by atoms with E-state index in [0.29, 0.717) is 12.5 Å². The summed E-state index contributed by atoms with van der Waals surface area (Å²) in [4.78, 5) is 16.1. The second-order valence-corrected chi connectivity index (χ2v) is 5.51. The Kier molecular flexibility index (Phi) is 9.50. The number of benzene rings is 2. The maximum atomic E-state index is 12.0. The predicted octanol–water partition coefficient (Wildman–Crippen LogP) is 2.93. The van der Waals surface area contributed by atoms with E-state index >= 15 is 0 Å². The topological polar surface area (TPSA) is 74.8 Å². The van der Waals surface area contributed by atoms with Crippen LogP contribution >= 0.6 is 24.0 Å². The van der Waals surface area contributed by atoms with Crippen molar-refractivity contribution in [1.29, 1.82) is 0 Å². The molecule has 0 atom stereocenters. The summed E-state index contributed by atoms with van der Waals surface area (Å²) in [6, 6.07) is 15.4. The average Bonchev–Trinajstić information content (AvgIpc) is 2.63. The Bertz CT molecular complexity index is 736. The molecule has 6 nitrogen and oxygen atoms in total. The molecule has 2 aromatic carbocycles. The van der Waals surface area contributed by atoms with Crippen LogP contribution in [0.1, 0.15) is 11.1 Å². The molecule has 0 saturated carbocycles. The summed E-state index contributed by atoms with van der Waals surface area (Å²) in [6.45, 7) is 2.69. The van der Waals surface area contributed by atoms with Crippen LogP contribution in [0.3, 0.4) is 0 Å². The van der Waals surface area contributed by atoms with E-state index in [-0.39, 0.29) is 36.4 Å². The normalized spacial score (nSPS) is 10.5. The maximum Gasteiger partial charge on any atom is 0.243 e. The van der Waals surface area contributed by atoms with Crippen LogP contribution in [0.15, 0.2) is 53.5 Å². The van der Waals surface area contributed by atoms with Gasteiger partial charge in [-0.2, -0.15) is 0 Å². The number of para-hydroxylation sites is 1. The zero-order chi connectivity index (χ0) is 18.1. The van der Waals surface area contributed by atoms with Crippen LogP contribution in [-0.4, -0.2) is 32.6 Å². The van der Waals surface area contributed by atoms with Crippen LogP contribution in [0, 0.1) is 6.92 Å². The number of hydrogen-bond acceptors (Lipinski definition) is 3. The lowest BCUT2D eigenvalue weighted by molar-refractivity contribution is -0.115. The van der Waals surface area contributed by atoms with Crippen molar-refractivity contribution in [3.8, 4) is 5.75 Å². The lowest BCUT2D eigenvalue weighted by Gasteiger charge is -2.14. The van der Waals surface area contributed by atoms with Gasteiger partial charge in [0.1, 0.15) is 5.75 Å². The highest BCUT2D eigenvalue weighted by Gasteiger charge is 2.06. The Balaban J connectivity index is 0.00000338. The van der Waals surface area contributed by atoms with Gasteiger partial charge in [0.15, 0.2) is 5.96 Å². The first-order valence-corrected chi connectivity index (χ1v) is 8.05. The smallest absolute Gasteiger partial charge is 0.243 e. The third-order valence-electron chi connectivity index (χ3n) is 3.59. The van der Waals surface area contributed by atoms with Gasteiger partial charge in [-0.3, -0.25) is 9.79 Å². The number of rotatable bonds is 6. The van der Waals surface area contributed by atoms with Crippen LogP contribution in [-0.2, 0) is 11.3 Å².